The second-order valence-electron chi connectivity index (χ2n) is 4.73. The number of hydrogen-bond donors (Lipinski definition) is 1. The van der Waals surface area contributed by atoms with Gasteiger partial charge in [0, 0.05) is 29.2 Å². The Hall–Kier alpha value is -2.09. The minimum absolute atomic E-state index is 0.255. The van der Waals surface area contributed by atoms with E-state index in [-0.39, 0.29) is 6.04 Å². The van der Waals surface area contributed by atoms with Gasteiger partial charge >= 0.3 is 0 Å². The highest BCUT2D eigenvalue weighted by molar-refractivity contribution is 5.71. The maximum Gasteiger partial charge on any atom is 0.0491 e. The van der Waals surface area contributed by atoms with Crippen LogP contribution in [0.15, 0.2) is 60.4 Å². The number of aryl methyl sites for hydroxylation is 1. The van der Waals surface area contributed by atoms with Crippen LogP contribution in [0.1, 0.15) is 25.1 Å². The van der Waals surface area contributed by atoms with E-state index in [0.717, 1.165) is 17.0 Å². The van der Waals surface area contributed by atoms with Gasteiger partial charge in [0.25, 0.3) is 0 Å². The van der Waals surface area contributed by atoms with Gasteiger partial charge in [0.15, 0.2) is 0 Å². The molecule has 0 saturated carbocycles. The van der Waals surface area contributed by atoms with Crippen molar-refractivity contribution in [3.05, 3.63) is 71.6 Å². The van der Waals surface area contributed by atoms with E-state index >= 15 is 0 Å². The fourth-order valence-electron chi connectivity index (χ4n) is 2.25. The Morgan fingerprint density at radius 1 is 1.37 bits per heavy atom. The van der Waals surface area contributed by atoms with Gasteiger partial charge in [-0.05, 0) is 50.1 Å². The number of allylic oxidation sites excluding steroid dienone is 4. The van der Waals surface area contributed by atoms with Gasteiger partial charge in [-0.25, -0.2) is 0 Å². The molecule has 1 aromatic heterocycles. The number of rotatable bonds is 3. The van der Waals surface area contributed by atoms with Crippen molar-refractivity contribution in [3.63, 3.8) is 0 Å². The number of aromatic nitrogens is 1. The molecule has 1 N–H and O–H groups in total. The fourth-order valence-corrected chi connectivity index (χ4v) is 2.25. The lowest BCUT2D eigenvalue weighted by Crippen LogP contribution is -2.29. The van der Waals surface area contributed by atoms with Crippen LogP contribution in [0, 0.1) is 6.92 Å². The fraction of sp³-hybridized carbons (Fsp3) is 0.235. The standard InChI is InChI=1S/C17H20N2/c1-5-7-14-10-17(19-13(4)16(14)6-2)15-9-8-12(3)18-11-15/h5-11,13,19H,2H2,1,3-4H3/b7-5-. The van der Waals surface area contributed by atoms with Crippen LogP contribution in [-0.4, -0.2) is 11.0 Å². The molecular formula is C17H20N2. The van der Waals surface area contributed by atoms with E-state index < -0.39 is 0 Å². The molecule has 2 nitrogen and oxygen atoms in total. The predicted molar refractivity (Wildman–Crippen MR) is 81.6 cm³/mol. The first-order valence-electron chi connectivity index (χ1n) is 6.56. The highest BCUT2D eigenvalue weighted by atomic mass is 14.9. The summed E-state index contributed by atoms with van der Waals surface area (Å²) in [5.74, 6) is 0. The molecule has 0 fully saturated rings. The van der Waals surface area contributed by atoms with Crippen molar-refractivity contribution in [2.75, 3.05) is 0 Å². The van der Waals surface area contributed by atoms with E-state index in [2.05, 4.69) is 48.1 Å². The van der Waals surface area contributed by atoms with Gasteiger partial charge in [-0.1, -0.05) is 24.8 Å². The molecule has 0 spiro atoms. The topological polar surface area (TPSA) is 24.9 Å². The van der Waals surface area contributed by atoms with Crippen LogP contribution in [0.2, 0.25) is 0 Å². The maximum atomic E-state index is 4.35. The molecule has 0 amide bonds. The van der Waals surface area contributed by atoms with Crippen molar-refractivity contribution in [2.45, 2.75) is 26.8 Å². The van der Waals surface area contributed by atoms with E-state index in [1.54, 1.807) is 0 Å². The van der Waals surface area contributed by atoms with Crippen LogP contribution in [-0.2, 0) is 0 Å². The molecule has 1 aliphatic rings. The third-order valence-electron chi connectivity index (χ3n) is 3.26. The normalized spacial score (nSPS) is 19.3. The van der Waals surface area contributed by atoms with Crippen molar-refractivity contribution in [1.82, 2.24) is 10.3 Å². The van der Waals surface area contributed by atoms with Crippen molar-refractivity contribution in [1.29, 1.82) is 0 Å². The summed E-state index contributed by atoms with van der Waals surface area (Å²) in [6.45, 7) is 10.1. The first-order valence-corrected chi connectivity index (χ1v) is 6.56. The Labute approximate surface area is 115 Å². The summed E-state index contributed by atoms with van der Waals surface area (Å²) in [6, 6.07) is 4.38. The Bertz CT molecular complexity index is 559. The van der Waals surface area contributed by atoms with Crippen molar-refractivity contribution in [3.8, 4) is 0 Å². The van der Waals surface area contributed by atoms with Gasteiger partial charge in [0.05, 0.1) is 0 Å². The molecule has 0 bridgehead atoms. The van der Waals surface area contributed by atoms with Gasteiger partial charge in [0.2, 0.25) is 0 Å². The summed E-state index contributed by atoms with van der Waals surface area (Å²) in [4.78, 5) is 4.35. The number of dihydropyridines is 1. The highest BCUT2D eigenvalue weighted by Gasteiger charge is 2.17. The van der Waals surface area contributed by atoms with E-state index in [1.165, 1.54) is 11.1 Å². The zero-order valence-corrected chi connectivity index (χ0v) is 11.8. The van der Waals surface area contributed by atoms with Gasteiger partial charge in [-0.2, -0.15) is 0 Å². The van der Waals surface area contributed by atoms with Crippen molar-refractivity contribution < 1.29 is 0 Å². The summed E-state index contributed by atoms with van der Waals surface area (Å²) in [5, 5.41) is 3.50. The maximum absolute atomic E-state index is 4.35. The summed E-state index contributed by atoms with van der Waals surface area (Å²) in [7, 11) is 0. The molecule has 0 aliphatic carbocycles. The summed E-state index contributed by atoms with van der Waals surface area (Å²) in [5.41, 5.74) is 5.69. The second kappa shape index (κ2) is 5.70. The first kappa shape index (κ1) is 13.3. The SMILES string of the molecule is C=CC1=C(/C=C\C)C=C(c2ccc(C)nc2)NC1C. The molecule has 1 atom stereocenters. The largest absolute Gasteiger partial charge is 0.378 e. The van der Waals surface area contributed by atoms with Gasteiger partial charge in [-0.3, -0.25) is 4.98 Å². The lowest BCUT2D eigenvalue weighted by atomic mass is 9.94. The molecule has 1 aromatic rings. The van der Waals surface area contributed by atoms with Crippen molar-refractivity contribution in [2.24, 2.45) is 0 Å². The zero-order chi connectivity index (χ0) is 13.8. The highest BCUT2D eigenvalue weighted by Crippen LogP contribution is 2.25. The van der Waals surface area contributed by atoms with Crippen LogP contribution < -0.4 is 5.32 Å². The third kappa shape index (κ3) is 2.84. The van der Waals surface area contributed by atoms with E-state index in [9.17, 15) is 0 Å². The van der Waals surface area contributed by atoms with E-state index in [4.69, 9.17) is 0 Å². The monoisotopic (exact) mass is 252 g/mol. The van der Waals surface area contributed by atoms with Crippen LogP contribution >= 0.6 is 0 Å². The molecule has 2 heterocycles. The number of nitrogens with zero attached hydrogens (tertiary/aromatic N) is 1. The molecule has 0 aromatic carbocycles. The summed E-state index contributed by atoms with van der Waals surface area (Å²) in [6.07, 6.45) is 10.2. The summed E-state index contributed by atoms with van der Waals surface area (Å²) >= 11 is 0. The molecule has 1 unspecified atom stereocenters. The van der Waals surface area contributed by atoms with Crippen LogP contribution in [0.3, 0.4) is 0 Å². The quantitative estimate of drug-likeness (QED) is 0.885. The molecule has 98 valence electrons. The average molecular weight is 252 g/mol. The molecule has 2 heteroatoms. The Balaban J connectivity index is 2.45. The Morgan fingerprint density at radius 2 is 2.16 bits per heavy atom. The Kier molecular flexibility index (Phi) is 4.00. The summed E-state index contributed by atoms with van der Waals surface area (Å²) < 4.78 is 0. The first-order chi connectivity index (χ1) is 9.15. The minimum atomic E-state index is 0.255. The van der Waals surface area contributed by atoms with Crippen LogP contribution in [0.5, 0.6) is 0 Å². The third-order valence-corrected chi connectivity index (χ3v) is 3.26. The van der Waals surface area contributed by atoms with E-state index in [1.807, 2.05) is 32.2 Å². The zero-order valence-electron chi connectivity index (χ0n) is 11.8. The number of pyridine rings is 1. The van der Waals surface area contributed by atoms with Crippen LogP contribution in [0.4, 0.5) is 0 Å². The number of hydrogen-bond acceptors (Lipinski definition) is 2. The minimum Gasteiger partial charge on any atom is -0.378 e. The molecule has 0 radical (unpaired) electrons. The molecule has 1 aliphatic heterocycles. The number of nitrogens with one attached hydrogen (secondary N) is 1. The molecule has 19 heavy (non-hydrogen) atoms. The smallest absolute Gasteiger partial charge is 0.0491 e. The molecule has 0 saturated heterocycles. The molecular weight excluding hydrogens is 232 g/mol. The van der Waals surface area contributed by atoms with E-state index in [0.29, 0.717) is 0 Å². The molecule has 2 rings (SSSR count). The van der Waals surface area contributed by atoms with Crippen LogP contribution in [0.25, 0.3) is 5.70 Å². The Morgan fingerprint density at radius 3 is 2.74 bits per heavy atom. The predicted octanol–water partition coefficient (Wildman–Crippen LogP) is 3.78. The van der Waals surface area contributed by atoms with Gasteiger partial charge in [0.1, 0.15) is 0 Å². The lowest BCUT2D eigenvalue weighted by Gasteiger charge is -2.25. The van der Waals surface area contributed by atoms with Gasteiger partial charge in [-0.15, -0.1) is 0 Å². The average Bonchev–Trinajstić information content (AvgIpc) is 2.39. The van der Waals surface area contributed by atoms with Gasteiger partial charge < -0.3 is 5.32 Å². The second-order valence-corrected chi connectivity index (χ2v) is 4.73. The lowest BCUT2D eigenvalue weighted by molar-refractivity contribution is 0.744. The van der Waals surface area contributed by atoms with Crippen molar-refractivity contribution >= 4 is 5.70 Å².